The van der Waals surface area contributed by atoms with Gasteiger partial charge in [-0.25, -0.2) is 9.78 Å². The van der Waals surface area contributed by atoms with Crippen LogP contribution in [-0.4, -0.2) is 48.1 Å². The van der Waals surface area contributed by atoms with Crippen LogP contribution in [0.3, 0.4) is 0 Å². The van der Waals surface area contributed by atoms with Gasteiger partial charge in [0.25, 0.3) is 0 Å². The lowest BCUT2D eigenvalue weighted by Gasteiger charge is -2.29. The molecule has 2 aromatic rings. The van der Waals surface area contributed by atoms with Gasteiger partial charge in [0.1, 0.15) is 20.5 Å². The number of carbonyl (C=O) groups excluding carboxylic acids is 2. The number of benzene rings is 1. The second-order valence-electron chi connectivity index (χ2n) is 9.93. The smallest absolute Gasteiger partial charge is 0.404 e. The van der Waals surface area contributed by atoms with E-state index in [1.165, 1.54) is 0 Å². The van der Waals surface area contributed by atoms with Crippen molar-refractivity contribution in [3.8, 4) is 22.7 Å². The van der Waals surface area contributed by atoms with Gasteiger partial charge in [0.15, 0.2) is 0 Å². The fraction of sp³-hybridized carbons (Fsp3) is 0.480. The fourth-order valence-corrected chi connectivity index (χ4v) is 4.41. The van der Waals surface area contributed by atoms with E-state index in [1.54, 1.807) is 0 Å². The third-order valence-corrected chi connectivity index (χ3v) is 6.63. The molecule has 1 fully saturated rings. The van der Waals surface area contributed by atoms with Crippen LogP contribution in [0, 0.1) is 23.3 Å². The number of rotatable bonds is 6. The van der Waals surface area contributed by atoms with Gasteiger partial charge in [0.2, 0.25) is 5.91 Å². The first-order chi connectivity index (χ1) is 15.5. The van der Waals surface area contributed by atoms with E-state index >= 15 is 0 Å². The Balaban J connectivity index is 1.75. The second-order valence-corrected chi connectivity index (χ2v) is 14.7. The molecule has 176 valence electrons. The maximum atomic E-state index is 13.3. The Morgan fingerprint density at radius 1 is 1.27 bits per heavy atom. The summed E-state index contributed by atoms with van der Waals surface area (Å²) in [7, 11) is -1.41. The Kier molecular flexibility index (Phi) is 7.64. The standard InChI is InChI=1S/C25H34N4O3Si/c1-17(2)20(16-32-25(26)31)24(30)29-13-6-7-22(29)23-27-15-21(28-23)19-10-8-18(9-11-19)12-14-33(3,4)5/h8-11,15,17,20,22H,6-7,13,16H2,1-5H3,(H2,26,31)(H,27,28). The number of hydrogen-bond donors (Lipinski definition) is 2. The molecule has 2 amide bonds. The molecule has 0 spiro atoms. The third kappa shape index (κ3) is 6.48. The molecule has 8 heteroatoms. The summed E-state index contributed by atoms with van der Waals surface area (Å²) in [5.74, 6) is 3.60. The highest BCUT2D eigenvalue weighted by Crippen LogP contribution is 2.33. The normalized spacial score (nSPS) is 16.9. The molecule has 0 bridgehead atoms. The zero-order valence-corrected chi connectivity index (χ0v) is 21.1. The van der Waals surface area contributed by atoms with Gasteiger partial charge in [-0.15, -0.1) is 5.54 Å². The van der Waals surface area contributed by atoms with Gasteiger partial charge >= 0.3 is 6.09 Å². The lowest BCUT2D eigenvalue weighted by Crippen LogP contribution is -2.40. The molecule has 1 aromatic heterocycles. The zero-order valence-electron chi connectivity index (χ0n) is 20.1. The van der Waals surface area contributed by atoms with Crippen molar-refractivity contribution in [3.63, 3.8) is 0 Å². The van der Waals surface area contributed by atoms with Gasteiger partial charge in [0.05, 0.1) is 23.9 Å². The van der Waals surface area contributed by atoms with Crippen molar-refractivity contribution in [2.75, 3.05) is 13.2 Å². The molecule has 3 rings (SSSR count). The molecule has 7 nitrogen and oxygen atoms in total. The Morgan fingerprint density at radius 3 is 2.58 bits per heavy atom. The molecular weight excluding hydrogens is 432 g/mol. The van der Waals surface area contributed by atoms with Crippen molar-refractivity contribution in [3.05, 3.63) is 41.9 Å². The summed E-state index contributed by atoms with van der Waals surface area (Å²) in [6.07, 6.45) is 2.69. The van der Waals surface area contributed by atoms with Crippen molar-refractivity contribution >= 4 is 20.1 Å². The van der Waals surface area contributed by atoms with Gasteiger partial charge in [-0.1, -0.05) is 51.5 Å². The van der Waals surface area contributed by atoms with Crippen LogP contribution >= 0.6 is 0 Å². The minimum atomic E-state index is -1.41. The monoisotopic (exact) mass is 466 g/mol. The number of ether oxygens (including phenoxy) is 1. The predicted octanol–water partition coefficient (Wildman–Crippen LogP) is 4.34. The number of nitrogens with two attached hydrogens (primary N) is 1. The predicted molar refractivity (Wildman–Crippen MR) is 132 cm³/mol. The molecule has 1 saturated heterocycles. The quantitative estimate of drug-likeness (QED) is 0.488. The molecule has 0 saturated carbocycles. The van der Waals surface area contributed by atoms with Gasteiger partial charge in [-0.05, 0) is 36.5 Å². The molecule has 0 aliphatic carbocycles. The minimum Gasteiger partial charge on any atom is -0.449 e. The number of H-pyrrole nitrogens is 1. The average Bonchev–Trinajstić information content (AvgIpc) is 3.41. The largest absolute Gasteiger partial charge is 0.449 e. The van der Waals surface area contributed by atoms with E-state index in [4.69, 9.17) is 10.5 Å². The number of primary amides is 1. The van der Waals surface area contributed by atoms with Crippen molar-refractivity contribution in [2.24, 2.45) is 17.6 Å². The number of aromatic nitrogens is 2. The first-order valence-corrected chi connectivity index (χ1v) is 15.0. The van der Waals surface area contributed by atoms with Crippen LogP contribution in [0.1, 0.15) is 44.1 Å². The van der Waals surface area contributed by atoms with E-state index in [9.17, 15) is 9.59 Å². The Hall–Kier alpha value is -3.05. The molecule has 33 heavy (non-hydrogen) atoms. The highest BCUT2D eigenvalue weighted by molar-refractivity contribution is 6.83. The number of hydrogen-bond acceptors (Lipinski definition) is 4. The first kappa shape index (κ1) is 24.6. The van der Waals surface area contributed by atoms with E-state index in [1.807, 2.05) is 49.2 Å². The highest BCUT2D eigenvalue weighted by Gasteiger charge is 2.37. The molecular formula is C25H34N4O3Si. The average molecular weight is 467 g/mol. The Morgan fingerprint density at radius 2 is 1.97 bits per heavy atom. The number of carbonyl (C=O) groups is 2. The van der Waals surface area contributed by atoms with E-state index in [0.717, 1.165) is 35.5 Å². The SMILES string of the molecule is CC(C)C(COC(N)=O)C(=O)N1CCCC1c1ncc(-c2ccc(C#C[Si](C)(C)C)cc2)[nH]1. The topological polar surface area (TPSA) is 101 Å². The van der Waals surface area contributed by atoms with E-state index in [-0.39, 0.29) is 24.5 Å². The summed E-state index contributed by atoms with van der Waals surface area (Å²) >= 11 is 0. The molecule has 2 heterocycles. The number of likely N-dealkylation sites (tertiary alicyclic amines) is 1. The number of aromatic amines is 1. The number of amides is 2. The molecule has 2 atom stereocenters. The summed E-state index contributed by atoms with van der Waals surface area (Å²) in [6.45, 7) is 11.2. The van der Waals surface area contributed by atoms with Crippen LogP contribution in [0.25, 0.3) is 11.3 Å². The van der Waals surface area contributed by atoms with Crippen LogP contribution < -0.4 is 5.73 Å². The molecule has 1 aliphatic rings. The summed E-state index contributed by atoms with van der Waals surface area (Å²) < 4.78 is 4.95. The lowest BCUT2D eigenvalue weighted by atomic mass is 9.95. The summed E-state index contributed by atoms with van der Waals surface area (Å²) in [5.41, 5.74) is 11.4. The molecule has 3 N–H and O–H groups in total. The zero-order chi connectivity index (χ0) is 24.2. The summed E-state index contributed by atoms with van der Waals surface area (Å²) in [4.78, 5) is 34.2. The Labute approximate surface area is 197 Å². The molecule has 1 aromatic carbocycles. The first-order valence-electron chi connectivity index (χ1n) is 11.5. The van der Waals surface area contributed by atoms with Gasteiger partial charge < -0.3 is 20.4 Å². The van der Waals surface area contributed by atoms with Crippen LogP contribution in [0.4, 0.5) is 4.79 Å². The van der Waals surface area contributed by atoms with Crippen LogP contribution in [0.5, 0.6) is 0 Å². The van der Waals surface area contributed by atoms with E-state index in [2.05, 4.69) is 41.1 Å². The number of imidazole rings is 1. The van der Waals surface area contributed by atoms with Crippen LogP contribution in [0.2, 0.25) is 19.6 Å². The minimum absolute atomic E-state index is 0.00853. The van der Waals surface area contributed by atoms with Gasteiger partial charge in [-0.2, -0.15) is 0 Å². The van der Waals surface area contributed by atoms with Gasteiger partial charge in [0, 0.05) is 12.1 Å². The maximum Gasteiger partial charge on any atom is 0.404 e. The van der Waals surface area contributed by atoms with Crippen molar-refractivity contribution in [1.29, 1.82) is 0 Å². The maximum absolute atomic E-state index is 13.3. The van der Waals surface area contributed by atoms with E-state index < -0.39 is 20.1 Å². The van der Waals surface area contributed by atoms with Crippen molar-refractivity contribution in [1.82, 2.24) is 14.9 Å². The molecule has 1 aliphatic heterocycles. The molecule has 2 unspecified atom stereocenters. The Bertz CT molecular complexity index is 1040. The fourth-order valence-electron chi connectivity index (χ4n) is 3.89. The van der Waals surface area contributed by atoms with Crippen molar-refractivity contribution in [2.45, 2.75) is 52.4 Å². The van der Waals surface area contributed by atoms with E-state index in [0.29, 0.717) is 6.54 Å². The summed E-state index contributed by atoms with van der Waals surface area (Å²) in [6, 6.07) is 8.02. The van der Waals surface area contributed by atoms with Crippen molar-refractivity contribution < 1.29 is 14.3 Å². The van der Waals surface area contributed by atoms with Gasteiger partial charge in [-0.3, -0.25) is 4.79 Å². The third-order valence-electron chi connectivity index (χ3n) is 5.75. The summed E-state index contributed by atoms with van der Waals surface area (Å²) in [5, 5.41) is 0. The van der Waals surface area contributed by atoms with Crippen LogP contribution in [-0.2, 0) is 9.53 Å². The lowest BCUT2D eigenvalue weighted by molar-refractivity contribution is -0.139. The number of nitrogens with zero attached hydrogens (tertiary/aromatic N) is 2. The van der Waals surface area contributed by atoms with Crippen LogP contribution in [0.15, 0.2) is 30.5 Å². The highest BCUT2D eigenvalue weighted by atomic mass is 28.3. The molecule has 0 radical (unpaired) electrons. The number of nitrogens with one attached hydrogen (secondary N) is 1. The second kappa shape index (κ2) is 10.3.